The lowest BCUT2D eigenvalue weighted by Crippen LogP contribution is -2.36. The Morgan fingerprint density at radius 3 is 2.58 bits per heavy atom. The number of amides is 1. The number of H-pyrrole nitrogens is 1. The zero-order chi connectivity index (χ0) is 30.2. The molecule has 1 fully saturated rings. The molecule has 3 N–H and O–H groups in total. The monoisotopic (exact) mass is 584 g/mol. The number of hydrogen-bond acceptors (Lipinski definition) is 8. The normalized spacial score (nSPS) is 18.3. The third-order valence-corrected chi connectivity index (χ3v) is 7.99. The van der Waals surface area contributed by atoms with Crippen LogP contribution in [-0.2, 0) is 16.1 Å². The van der Waals surface area contributed by atoms with Gasteiger partial charge in [-0.05, 0) is 89.6 Å². The van der Waals surface area contributed by atoms with Gasteiger partial charge in [-0.25, -0.2) is 5.10 Å². The van der Waals surface area contributed by atoms with E-state index in [1.54, 1.807) is 7.11 Å². The van der Waals surface area contributed by atoms with Crippen molar-refractivity contribution in [1.29, 1.82) is 0 Å². The zero-order valence-corrected chi connectivity index (χ0v) is 25.2. The summed E-state index contributed by atoms with van der Waals surface area (Å²) in [7, 11) is 1.62. The van der Waals surface area contributed by atoms with E-state index >= 15 is 0 Å². The maximum Gasteiger partial charge on any atom is 0.250 e. The van der Waals surface area contributed by atoms with Crippen LogP contribution in [0.2, 0.25) is 0 Å². The van der Waals surface area contributed by atoms with E-state index in [0.717, 1.165) is 29.7 Å². The molecule has 1 aliphatic rings. The Kier molecular flexibility index (Phi) is 9.88. The van der Waals surface area contributed by atoms with Crippen molar-refractivity contribution >= 4 is 17.3 Å². The van der Waals surface area contributed by atoms with E-state index in [2.05, 4.69) is 52.0 Å². The molecule has 10 nitrogen and oxygen atoms in total. The van der Waals surface area contributed by atoms with Crippen molar-refractivity contribution < 1.29 is 19.0 Å². The molecule has 0 bridgehead atoms. The summed E-state index contributed by atoms with van der Waals surface area (Å²) in [6.07, 6.45) is 3.53. The Balaban J connectivity index is 1.20. The summed E-state index contributed by atoms with van der Waals surface area (Å²) in [4.78, 5) is 12.8. The summed E-state index contributed by atoms with van der Waals surface area (Å²) in [6, 6.07) is 20.9. The quantitative estimate of drug-likeness (QED) is 0.168. The molecule has 3 aromatic carbocycles. The van der Waals surface area contributed by atoms with Gasteiger partial charge in [-0.2, -0.15) is 0 Å². The van der Waals surface area contributed by atoms with Crippen molar-refractivity contribution in [2.24, 2.45) is 17.8 Å². The molecule has 43 heavy (non-hydrogen) atoms. The Labute approximate surface area is 252 Å². The number of para-hydroxylation sites is 1. The van der Waals surface area contributed by atoms with Gasteiger partial charge < -0.3 is 24.8 Å². The molecule has 3 atom stereocenters. The van der Waals surface area contributed by atoms with E-state index in [9.17, 15) is 4.79 Å². The van der Waals surface area contributed by atoms with Crippen LogP contribution in [0, 0.1) is 17.8 Å². The Hall–Kier alpha value is -4.44. The predicted octanol–water partition coefficient (Wildman–Crippen LogP) is 6.70. The molecule has 10 heteroatoms. The minimum absolute atomic E-state index is 0.0546. The smallest absolute Gasteiger partial charge is 0.250 e. The lowest BCUT2D eigenvalue weighted by molar-refractivity contribution is -0.126. The number of anilines is 2. The first-order valence-corrected chi connectivity index (χ1v) is 14.8. The molecule has 1 amide bonds. The van der Waals surface area contributed by atoms with Crippen molar-refractivity contribution in [3.8, 4) is 28.6 Å². The third kappa shape index (κ3) is 7.90. The molecule has 0 radical (unpaired) electrons. The van der Waals surface area contributed by atoms with Crippen LogP contribution in [0.15, 0.2) is 66.7 Å². The highest BCUT2D eigenvalue weighted by Gasteiger charge is 2.31. The average molecular weight is 585 g/mol. The zero-order valence-electron chi connectivity index (χ0n) is 25.2. The van der Waals surface area contributed by atoms with Gasteiger partial charge in [0.1, 0.15) is 12.4 Å². The average Bonchev–Trinajstić information content (AvgIpc) is 3.55. The summed E-state index contributed by atoms with van der Waals surface area (Å²) in [5.41, 5.74) is 3.33. The molecule has 226 valence electrons. The summed E-state index contributed by atoms with van der Waals surface area (Å²) >= 11 is 0. The van der Waals surface area contributed by atoms with Crippen molar-refractivity contribution in [1.82, 2.24) is 20.6 Å². The third-order valence-electron chi connectivity index (χ3n) is 7.99. The van der Waals surface area contributed by atoms with Crippen molar-refractivity contribution in [3.63, 3.8) is 0 Å². The van der Waals surface area contributed by atoms with Crippen LogP contribution in [0.3, 0.4) is 0 Å². The Morgan fingerprint density at radius 2 is 1.84 bits per heavy atom. The van der Waals surface area contributed by atoms with Gasteiger partial charge in [0.05, 0.1) is 13.2 Å². The minimum Gasteiger partial charge on any atom is -0.493 e. The topological polar surface area (TPSA) is 123 Å². The fourth-order valence-corrected chi connectivity index (χ4v) is 5.65. The van der Waals surface area contributed by atoms with Gasteiger partial charge in [-0.1, -0.05) is 45.4 Å². The fraction of sp³-hybridized carbons (Fsp3) is 0.394. The van der Waals surface area contributed by atoms with Gasteiger partial charge >= 0.3 is 0 Å². The molecule has 1 heterocycles. The number of methoxy groups -OCH3 is 1. The number of hydrogen-bond donors (Lipinski definition) is 3. The van der Waals surface area contributed by atoms with E-state index in [4.69, 9.17) is 14.2 Å². The molecular weight excluding hydrogens is 544 g/mol. The van der Waals surface area contributed by atoms with Crippen LogP contribution >= 0.6 is 0 Å². The maximum atomic E-state index is 12.8. The van der Waals surface area contributed by atoms with Gasteiger partial charge in [0.25, 0.3) is 0 Å². The van der Waals surface area contributed by atoms with E-state index in [0.29, 0.717) is 53.1 Å². The first-order chi connectivity index (χ1) is 20.9. The molecule has 0 aliphatic heterocycles. The second-order valence-electron chi connectivity index (χ2n) is 11.5. The summed E-state index contributed by atoms with van der Waals surface area (Å²) in [5, 5.41) is 20.4. The lowest BCUT2D eigenvalue weighted by Gasteiger charge is -2.37. The van der Waals surface area contributed by atoms with Crippen molar-refractivity contribution in [2.75, 3.05) is 24.4 Å². The number of carbonyl (C=O) groups is 1. The number of benzene rings is 3. The molecule has 4 aromatic rings. The van der Waals surface area contributed by atoms with E-state index in [-0.39, 0.29) is 18.6 Å². The van der Waals surface area contributed by atoms with Crippen LogP contribution in [0.1, 0.15) is 45.6 Å². The molecule has 0 spiro atoms. The predicted molar refractivity (Wildman–Crippen MR) is 166 cm³/mol. The molecule has 1 aliphatic carbocycles. The van der Waals surface area contributed by atoms with E-state index in [1.165, 1.54) is 6.42 Å². The Morgan fingerprint density at radius 1 is 1.05 bits per heavy atom. The van der Waals surface area contributed by atoms with Crippen LogP contribution in [0.5, 0.6) is 17.2 Å². The number of tetrazole rings is 1. The molecule has 1 aromatic heterocycles. The number of nitrogens with zero attached hydrogens (tertiary/aromatic N) is 3. The standard InChI is InChI=1S/C33H40N6O4/c1-21(2)28-16-11-22(3)17-30(28)42-20-31(40)35-26-9-6-8-25(18-26)34-19-24-7-5-10-29(41-4)32(24)43-27-14-12-23(13-15-27)33-36-38-39-37-33/h5-10,12-15,18,21-22,28,30,34H,11,16-17,19-20H2,1-4H3,(H,35,40)(H,36,37,38,39). The summed E-state index contributed by atoms with van der Waals surface area (Å²) < 4.78 is 18.0. The van der Waals surface area contributed by atoms with Crippen molar-refractivity contribution in [2.45, 2.75) is 52.7 Å². The summed E-state index contributed by atoms with van der Waals surface area (Å²) in [5.74, 6) is 3.99. The molecule has 0 saturated heterocycles. The number of carbonyl (C=O) groups excluding carboxylic acids is 1. The van der Waals surface area contributed by atoms with E-state index < -0.39 is 0 Å². The van der Waals surface area contributed by atoms with Gasteiger partial charge in [-0.3, -0.25) is 4.79 Å². The van der Waals surface area contributed by atoms with Crippen LogP contribution in [-0.4, -0.2) is 46.4 Å². The van der Waals surface area contributed by atoms with Gasteiger partial charge in [-0.15, -0.1) is 5.10 Å². The number of aromatic amines is 1. The summed E-state index contributed by atoms with van der Waals surface area (Å²) in [6.45, 7) is 7.28. The fourth-order valence-electron chi connectivity index (χ4n) is 5.65. The highest BCUT2D eigenvalue weighted by atomic mass is 16.5. The largest absolute Gasteiger partial charge is 0.493 e. The highest BCUT2D eigenvalue weighted by Crippen LogP contribution is 2.37. The van der Waals surface area contributed by atoms with Crippen LogP contribution in [0.4, 0.5) is 11.4 Å². The lowest BCUT2D eigenvalue weighted by atomic mass is 9.75. The van der Waals surface area contributed by atoms with E-state index in [1.807, 2.05) is 66.7 Å². The van der Waals surface area contributed by atoms with Crippen LogP contribution in [0.25, 0.3) is 11.4 Å². The molecule has 5 rings (SSSR count). The first kappa shape index (κ1) is 30.0. The van der Waals surface area contributed by atoms with Crippen molar-refractivity contribution in [3.05, 3.63) is 72.3 Å². The first-order valence-electron chi connectivity index (χ1n) is 14.8. The molecular formula is C33H40N6O4. The van der Waals surface area contributed by atoms with Crippen LogP contribution < -0.4 is 20.1 Å². The van der Waals surface area contributed by atoms with Gasteiger partial charge in [0, 0.05) is 29.0 Å². The SMILES string of the molecule is COc1cccc(CNc2cccc(NC(=O)COC3CC(C)CCC3C(C)C)c2)c1Oc1ccc(-c2nnn[nH]2)cc1. The second kappa shape index (κ2) is 14.2. The number of ether oxygens (including phenoxy) is 3. The number of nitrogens with one attached hydrogen (secondary N) is 3. The molecule has 1 saturated carbocycles. The maximum absolute atomic E-state index is 12.8. The number of rotatable bonds is 12. The van der Waals surface area contributed by atoms with Gasteiger partial charge in [0.2, 0.25) is 5.91 Å². The second-order valence-corrected chi connectivity index (χ2v) is 11.5. The Bertz CT molecular complexity index is 1480. The highest BCUT2D eigenvalue weighted by molar-refractivity contribution is 5.92. The van der Waals surface area contributed by atoms with Gasteiger partial charge in [0.15, 0.2) is 17.3 Å². The molecule has 3 unspecified atom stereocenters. The minimum atomic E-state index is -0.146. The number of aromatic nitrogens is 4.